The minimum absolute atomic E-state index is 0.0132. The molecule has 7 heteroatoms. The molecule has 2 N–H and O–H groups in total. The number of nitrogens with zero attached hydrogens (tertiary/aromatic N) is 4. The number of carboxylic acids is 1. The van der Waals surface area contributed by atoms with Crippen LogP contribution >= 0.6 is 0 Å². The minimum atomic E-state index is -1.06. The van der Waals surface area contributed by atoms with Crippen molar-refractivity contribution in [2.24, 2.45) is 0 Å². The molecule has 1 fully saturated rings. The highest BCUT2D eigenvalue weighted by molar-refractivity contribution is 5.86. The second-order valence-corrected chi connectivity index (χ2v) is 4.34. The number of nitrogens with one attached hydrogen (secondary N) is 1. The number of fused-ring (bicyclic) bond motifs is 1. The number of rotatable bonds is 4. The van der Waals surface area contributed by atoms with Crippen molar-refractivity contribution in [2.45, 2.75) is 32.2 Å². The zero-order valence-electron chi connectivity index (χ0n) is 9.92. The number of aryl methyl sites for hydroxylation is 1. The Hall–Kier alpha value is -2.18. The predicted octanol–water partition coefficient (Wildman–Crippen LogP) is 0.959. The highest BCUT2D eigenvalue weighted by Crippen LogP contribution is 2.25. The summed E-state index contributed by atoms with van der Waals surface area (Å²) in [4.78, 5) is 19.2. The summed E-state index contributed by atoms with van der Waals surface area (Å²) >= 11 is 0. The summed E-state index contributed by atoms with van der Waals surface area (Å²) in [7, 11) is 0. The third kappa shape index (κ3) is 1.87. The van der Waals surface area contributed by atoms with Crippen LogP contribution in [0.5, 0.6) is 0 Å². The lowest BCUT2D eigenvalue weighted by Gasteiger charge is -2.06. The summed E-state index contributed by atoms with van der Waals surface area (Å²) in [6, 6.07) is 1.91. The highest BCUT2D eigenvalue weighted by atomic mass is 16.4. The lowest BCUT2D eigenvalue weighted by atomic mass is 10.4. The van der Waals surface area contributed by atoms with Gasteiger partial charge in [-0.05, 0) is 12.8 Å². The van der Waals surface area contributed by atoms with E-state index in [1.807, 2.05) is 6.92 Å². The van der Waals surface area contributed by atoms with E-state index in [1.165, 1.54) is 6.07 Å². The maximum atomic E-state index is 11.0. The van der Waals surface area contributed by atoms with E-state index in [-0.39, 0.29) is 5.69 Å². The highest BCUT2D eigenvalue weighted by Gasteiger charge is 2.23. The topological polar surface area (TPSA) is 92.4 Å². The molecule has 1 aliphatic carbocycles. The predicted molar refractivity (Wildman–Crippen MR) is 63.8 cm³/mol. The molecule has 0 aliphatic heterocycles. The Morgan fingerprint density at radius 3 is 2.94 bits per heavy atom. The Morgan fingerprint density at radius 2 is 2.33 bits per heavy atom. The summed E-state index contributed by atoms with van der Waals surface area (Å²) in [5, 5.41) is 16.6. The van der Waals surface area contributed by atoms with Crippen LogP contribution in [0.15, 0.2) is 6.07 Å². The molecule has 0 radical (unpaired) electrons. The molecule has 7 nitrogen and oxygen atoms in total. The van der Waals surface area contributed by atoms with Gasteiger partial charge in [-0.1, -0.05) is 6.92 Å². The number of hydrogen-bond donors (Lipinski definition) is 2. The number of anilines is 1. The molecular formula is C11H13N5O2. The molecule has 2 aromatic heterocycles. The molecule has 0 unspecified atom stereocenters. The molecule has 3 rings (SSSR count). The number of carboxylic acid groups (broad SMARTS) is 1. The SMILES string of the molecule is CCc1nc2nc(C(=O)O)cc(NC3CC3)n2n1. The monoisotopic (exact) mass is 247 g/mol. The summed E-state index contributed by atoms with van der Waals surface area (Å²) < 4.78 is 1.57. The van der Waals surface area contributed by atoms with Gasteiger partial charge in [0.05, 0.1) is 0 Å². The maximum Gasteiger partial charge on any atom is 0.354 e. The van der Waals surface area contributed by atoms with Crippen LogP contribution in [0.25, 0.3) is 5.78 Å². The first-order valence-corrected chi connectivity index (χ1v) is 5.94. The van der Waals surface area contributed by atoms with Crippen LogP contribution in [-0.4, -0.2) is 36.7 Å². The average Bonchev–Trinajstić information content (AvgIpc) is 3.05. The van der Waals surface area contributed by atoms with Crippen LogP contribution in [0.3, 0.4) is 0 Å². The van der Waals surface area contributed by atoms with Crippen LogP contribution < -0.4 is 5.32 Å². The smallest absolute Gasteiger partial charge is 0.354 e. The van der Waals surface area contributed by atoms with Crippen molar-refractivity contribution in [3.8, 4) is 0 Å². The fraction of sp³-hybridized carbons (Fsp3) is 0.455. The van der Waals surface area contributed by atoms with Gasteiger partial charge in [0.2, 0.25) is 0 Å². The van der Waals surface area contributed by atoms with Gasteiger partial charge < -0.3 is 10.4 Å². The third-order valence-electron chi connectivity index (χ3n) is 2.82. The first kappa shape index (κ1) is 10.9. The molecule has 0 aromatic carbocycles. The molecule has 0 atom stereocenters. The number of hydrogen-bond acceptors (Lipinski definition) is 5. The zero-order chi connectivity index (χ0) is 12.7. The molecule has 18 heavy (non-hydrogen) atoms. The van der Waals surface area contributed by atoms with Gasteiger partial charge in [-0.25, -0.2) is 9.78 Å². The van der Waals surface area contributed by atoms with Gasteiger partial charge in [0.25, 0.3) is 5.78 Å². The second kappa shape index (κ2) is 3.94. The van der Waals surface area contributed by atoms with Crippen molar-refractivity contribution in [3.63, 3.8) is 0 Å². The van der Waals surface area contributed by atoms with Crippen LogP contribution in [0, 0.1) is 0 Å². The van der Waals surface area contributed by atoms with Crippen molar-refractivity contribution in [1.82, 2.24) is 19.6 Å². The zero-order valence-corrected chi connectivity index (χ0v) is 9.92. The van der Waals surface area contributed by atoms with Gasteiger partial charge in [0, 0.05) is 18.5 Å². The Bertz CT molecular complexity index is 617. The molecular weight excluding hydrogens is 234 g/mol. The first-order chi connectivity index (χ1) is 8.67. The summed E-state index contributed by atoms with van der Waals surface area (Å²) in [6.45, 7) is 1.95. The van der Waals surface area contributed by atoms with E-state index >= 15 is 0 Å². The Morgan fingerprint density at radius 1 is 1.56 bits per heavy atom. The normalized spacial score (nSPS) is 14.9. The van der Waals surface area contributed by atoms with Crippen LogP contribution in [-0.2, 0) is 6.42 Å². The summed E-state index contributed by atoms with van der Waals surface area (Å²) in [5.74, 6) is 0.572. The fourth-order valence-corrected chi connectivity index (χ4v) is 1.71. The van der Waals surface area contributed by atoms with E-state index in [9.17, 15) is 4.79 Å². The van der Waals surface area contributed by atoms with E-state index in [4.69, 9.17) is 5.11 Å². The van der Waals surface area contributed by atoms with Gasteiger partial charge in [0.15, 0.2) is 11.5 Å². The molecule has 0 saturated heterocycles. The third-order valence-corrected chi connectivity index (χ3v) is 2.82. The molecule has 0 amide bonds. The van der Waals surface area contributed by atoms with Gasteiger partial charge in [-0.3, -0.25) is 0 Å². The largest absolute Gasteiger partial charge is 0.477 e. The lowest BCUT2D eigenvalue weighted by Crippen LogP contribution is -2.11. The van der Waals surface area contributed by atoms with Crippen LogP contribution in [0.1, 0.15) is 36.1 Å². The Balaban J connectivity index is 2.14. The molecule has 2 aromatic rings. The van der Waals surface area contributed by atoms with E-state index in [1.54, 1.807) is 4.52 Å². The number of carbonyl (C=O) groups is 1. The van der Waals surface area contributed by atoms with Crippen molar-refractivity contribution < 1.29 is 9.90 Å². The van der Waals surface area contributed by atoms with Gasteiger partial charge in [-0.2, -0.15) is 9.50 Å². The lowest BCUT2D eigenvalue weighted by molar-refractivity contribution is 0.0690. The molecule has 0 spiro atoms. The molecule has 1 aliphatic rings. The summed E-state index contributed by atoms with van der Waals surface area (Å²) in [6.07, 6.45) is 2.89. The second-order valence-electron chi connectivity index (χ2n) is 4.34. The Labute approximate surface area is 103 Å². The fourth-order valence-electron chi connectivity index (χ4n) is 1.71. The van der Waals surface area contributed by atoms with Crippen molar-refractivity contribution in [3.05, 3.63) is 17.6 Å². The van der Waals surface area contributed by atoms with Gasteiger partial charge in [0.1, 0.15) is 5.82 Å². The number of aromatic nitrogens is 4. The van der Waals surface area contributed by atoms with Crippen molar-refractivity contribution in [2.75, 3.05) is 5.32 Å². The molecule has 94 valence electrons. The van der Waals surface area contributed by atoms with Gasteiger partial charge >= 0.3 is 5.97 Å². The Kier molecular flexibility index (Phi) is 2.39. The standard InChI is InChI=1S/C11H13N5O2/c1-2-8-14-11-13-7(10(17)18)5-9(16(11)15-8)12-6-3-4-6/h5-6,12H,2-4H2,1H3,(H,17,18). The van der Waals surface area contributed by atoms with E-state index in [2.05, 4.69) is 20.4 Å². The minimum Gasteiger partial charge on any atom is -0.477 e. The van der Waals surface area contributed by atoms with Crippen LogP contribution in [0.2, 0.25) is 0 Å². The van der Waals surface area contributed by atoms with E-state index < -0.39 is 5.97 Å². The average molecular weight is 247 g/mol. The molecule has 1 saturated carbocycles. The van der Waals surface area contributed by atoms with E-state index in [0.717, 1.165) is 12.8 Å². The van der Waals surface area contributed by atoms with Crippen molar-refractivity contribution >= 4 is 17.6 Å². The molecule has 0 bridgehead atoms. The van der Waals surface area contributed by atoms with Crippen LogP contribution in [0.4, 0.5) is 5.82 Å². The summed E-state index contributed by atoms with van der Waals surface area (Å²) in [5.41, 5.74) is -0.0132. The number of aromatic carboxylic acids is 1. The van der Waals surface area contributed by atoms with Crippen molar-refractivity contribution in [1.29, 1.82) is 0 Å². The van der Waals surface area contributed by atoms with Gasteiger partial charge in [-0.15, -0.1) is 5.10 Å². The first-order valence-electron chi connectivity index (χ1n) is 5.94. The molecule has 2 heterocycles. The quantitative estimate of drug-likeness (QED) is 0.836. The maximum absolute atomic E-state index is 11.0. The van der Waals surface area contributed by atoms with E-state index in [0.29, 0.717) is 29.9 Å².